The summed E-state index contributed by atoms with van der Waals surface area (Å²) >= 11 is 0. The van der Waals surface area contributed by atoms with Crippen molar-refractivity contribution in [2.45, 2.75) is 38.0 Å². The van der Waals surface area contributed by atoms with Crippen molar-refractivity contribution in [3.05, 3.63) is 90.0 Å². The van der Waals surface area contributed by atoms with Crippen LogP contribution in [0.1, 0.15) is 47.3 Å². The summed E-state index contributed by atoms with van der Waals surface area (Å²) in [5.41, 5.74) is 5.84. The molecule has 2 saturated carbocycles. The van der Waals surface area contributed by atoms with Gasteiger partial charge < -0.3 is 10.6 Å². The Morgan fingerprint density at radius 1 is 0.949 bits per heavy atom. The smallest absolute Gasteiger partial charge is 0.255 e. The van der Waals surface area contributed by atoms with Crippen molar-refractivity contribution in [2.24, 2.45) is 5.92 Å². The first-order valence-corrected chi connectivity index (χ1v) is 13.0. The summed E-state index contributed by atoms with van der Waals surface area (Å²) in [7, 11) is 0. The van der Waals surface area contributed by atoms with Crippen molar-refractivity contribution in [1.82, 2.24) is 15.0 Å². The fourth-order valence-electron chi connectivity index (χ4n) is 4.60. The highest BCUT2D eigenvalue weighted by atomic mass is 16.2. The Morgan fingerprint density at radius 3 is 2.54 bits per heavy atom. The number of aromatic nitrogens is 3. The van der Waals surface area contributed by atoms with Gasteiger partial charge in [0, 0.05) is 35.0 Å². The molecule has 0 spiro atoms. The second-order valence-corrected chi connectivity index (χ2v) is 10.2. The number of anilines is 2. The van der Waals surface area contributed by atoms with E-state index in [-0.39, 0.29) is 17.7 Å². The lowest BCUT2D eigenvalue weighted by molar-refractivity contribution is -0.117. The number of carbonyl (C=O) groups excluding carboxylic acids is 2. The molecular weight excluding hydrogens is 488 g/mol. The molecule has 4 aromatic rings. The Kier molecular flexibility index (Phi) is 6.12. The summed E-state index contributed by atoms with van der Waals surface area (Å²) in [5, 5.41) is 15.4. The Labute approximate surface area is 226 Å². The molecule has 2 amide bonds. The molecule has 0 saturated heterocycles. The minimum atomic E-state index is -0.550. The molecule has 39 heavy (non-hydrogen) atoms. The minimum Gasteiger partial charge on any atom is -0.322 e. The van der Waals surface area contributed by atoms with Crippen LogP contribution in [0, 0.1) is 24.2 Å². The van der Waals surface area contributed by atoms with Crippen molar-refractivity contribution in [3.8, 4) is 28.5 Å². The largest absolute Gasteiger partial charge is 0.322 e. The third kappa shape index (κ3) is 5.12. The monoisotopic (exact) mass is 514 g/mol. The number of benzene rings is 2. The quantitative estimate of drug-likeness (QED) is 0.328. The highest BCUT2D eigenvalue weighted by Gasteiger charge is 2.46. The molecule has 0 atom stereocenters. The second-order valence-electron chi connectivity index (χ2n) is 10.2. The first-order valence-electron chi connectivity index (χ1n) is 13.0. The normalized spacial score (nSPS) is 15.2. The van der Waals surface area contributed by atoms with E-state index in [1.165, 1.54) is 6.33 Å². The molecule has 2 aliphatic rings. The van der Waals surface area contributed by atoms with E-state index >= 15 is 0 Å². The van der Waals surface area contributed by atoms with Crippen LogP contribution in [0.25, 0.3) is 22.4 Å². The van der Waals surface area contributed by atoms with Crippen LogP contribution < -0.4 is 10.6 Å². The molecule has 2 aromatic heterocycles. The average molecular weight is 515 g/mol. The number of carbonyl (C=O) groups is 2. The van der Waals surface area contributed by atoms with E-state index in [0.717, 1.165) is 47.9 Å². The van der Waals surface area contributed by atoms with Gasteiger partial charge in [-0.25, -0.2) is 9.97 Å². The highest BCUT2D eigenvalue weighted by molar-refractivity contribution is 6.04. The van der Waals surface area contributed by atoms with E-state index in [1.54, 1.807) is 24.4 Å². The minimum absolute atomic E-state index is 0.00276. The number of pyridine rings is 1. The van der Waals surface area contributed by atoms with Crippen LogP contribution >= 0.6 is 0 Å². The van der Waals surface area contributed by atoms with Crippen LogP contribution in [-0.2, 0) is 10.2 Å². The molecule has 2 fully saturated rings. The predicted molar refractivity (Wildman–Crippen MR) is 148 cm³/mol. The Bertz CT molecular complexity index is 1650. The average Bonchev–Trinajstić information content (AvgIpc) is 3.89. The maximum Gasteiger partial charge on any atom is 0.255 e. The van der Waals surface area contributed by atoms with Crippen molar-refractivity contribution in [3.63, 3.8) is 0 Å². The number of rotatable bonds is 7. The molecule has 2 N–H and O–H groups in total. The topological polar surface area (TPSA) is 121 Å². The van der Waals surface area contributed by atoms with E-state index in [1.807, 2.05) is 49.4 Å². The van der Waals surface area contributed by atoms with Crippen molar-refractivity contribution < 1.29 is 9.59 Å². The van der Waals surface area contributed by atoms with Gasteiger partial charge in [0.15, 0.2) is 0 Å². The van der Waals surface area contributed by atoms with Gasteiger partial charge in [0.05, 0.1) is 22.9 Å². The van der Waals surface area contributed by atoms with Crippen molar-refractivity contribution >= 4 is 23.3 Å². The molecule has 2 heterocycles. The fraction of sp³-hybridized carbons (Fsp3) is 0.226. The van der Waals surface area contributed by atoms with Crippen molar-refractivity contribution in [2.75, 3.05) is 10.6 Å². The van der Waals surface area contributed by atoms with Gasteiger partial charge in [0.1, 0.15) is 12.1 Å². The lowest BCUT2D eigenvalue weighted by atomic mass is 9.97. The second kappa shape index (κ2) is 9.76. The van der Waals surface area contributed by atoms with Gasteiger partial charge in [0.2, 0.25) is 5.91 Å². The van der Waals surface area contributed by atoms with Gasteiger partial charge in [0.25, 0.3) is 5.91 Å². The Balaban J connectivity index is 1.23. The number of nitrogens with zero attached hydrogens (tertiary/aromatic N) is 4. The summed E-state index contributed by atoms with van der Waals surface area (Å²) < 4.78 is 0. The highest BCUT2D eigenvalue weighted by Crippen LogP contribution is 2.46. The van der Waals surface area contributed by atoms with E-state index in [9.17, 15) is 14.9 Å². The number of hydrogen-bond donors (Lipinski definition) is 2. The molecule has 8 nitrogen and oxygen atoms in total. The summed E-state index contributed by atoms with van der Waals surface area (Å²) in [4.78, 5) is 38.2. The number of hydrogen-bond acceptors (Lipinski definition) is 6. The van der Waals surface area contributed by atoms with Crippen LogP contribution in [0.3, 0.4) is 0 Å². The zero-order chi connectivity index (χ0) is 27.0. The number of aryl methyl sites for hydroxylation is 1. The lowest BCUT2D eigenvalue weighted by Gasteiger charge is -2.13. The third-order valence-electron chi connectivity index (χ3n) is 7.31. The van der Waals surface area contributed by atoms with E-state index in [0.29, 0.717) is 28.5 Å². The molecule has 0 aliphatic heterocycles. The maximum absolute atomic E-state index is 13.1. The number of nitriles is 1. The summed E-state index contributed by atoms with van der Waals surface area (Å²) in [6.45, 7) is 2.02. The molecule has 0 bridgehead atoms. The Hall–Kier alpha value is -4.90. The van der Waals surface area contributed by atoms with Crippen molar-refractivity contribution in [1.29, 1.82) is 5.26 Å². The first-order chi connectivity index (χ1) is 18.9. The van der Waals surface area contributed by atoms with E-state index in [2.05, 4.69) is 31.7 Å². The molecule has 2 aromatic carbocycles. The molecule has 192 valence electrons. The third-order valence-corrected chi connectivity index (χ3v) is 7.31. The number of nitrogens with one attached hydrogen (secondary N) is 2. The van der Waals surface area contributed by atoms with Crippen LogP contribution in [0.5, 0.6) is 0 Å². The summed E-state index contributed by atoms with van der Waals surface area (Å²) in [5.74, 6) is 0.334. The first kappa shape index (κ1) is 24.4. The SMILES string of the molecule is Cc1ccc(NC(=O)c2ccnc(C3(C#N)CC3)c2)cc1-c1cccc(-c2cc(NC(=O)C3CC3)ncn2)c1. The van der Waals surface area contributed by atoms with E-state index < -0.39 is 5.41 Å². The zero-order valence-corrected chi connectivity index (χ0v) is 21.4. The predicted octanol–water partition coefficient (Wildman–Crippen LogP) is 5.67. The van der Waals surface area contributed by atoms with Crippen LogP contribution in [0.15, 0.2) is 73.2 Å². The molecule has 2 aliphatic carbocycles. The zero-order valence-electron chi connectivity index (χ0n) is 21.4. The maximum atomic E-state index is 13.1. The van der Waals surface area contributed by atoms with Gasteiger partial charge in [-0.05, 0) is 79.6 Å². The van der Waals surface area contributed by atoms with Gasteiger partial charge >= 0.3 is 0 Å². The summed E-state index contributed by atoms with van der Waals surface area (Å²) in [6.07, 6.45) is 6.44. The van der Waals surface area contributed by atoms with Gasteiger partial charge in [-0.1, -0.05) is 24.3 Å². The standard InChI is InChI=1S/C31H26N6O2/c1-19-5-8-24(36-30(39)23-9-12-33-27(14-23)31(17-32)10-11-31)15-25(19)21-3-2-4-22(13-21)26-16-28(35-18-34-26)37-29(38)20-6-7-20/h2-5,8-9,12-16,18,20H,6-7,10-11H2,1H3,(H,36,39)(H,34,35,37,38). The molecule has 8 heteroatoms. The number of amides is 2. The molecular formula is C31H26N6O2. The fourth-order valence-corrected chi connectivity index (χ4v) is 4.60. The molecule has 6 rings (SSSR count). The van der Waals surface area contributed by atoms with Gasteiger partial charge in [-0.2, -0.15) is 5.26 Å². The lowest BCUT2D eigenvalue weighted by Crippen LogP contribution is -2.14. The van der Waals surface area contributed by atoms with Crippen LogP contribution in [0.2, 0.25) is 0 Å². The van der Waals surface area contributed by atoms with Gasteiger partial charge in [-0.3, -0.25) is 14.6 Å². The van der Waals surface area contributed by atoms with E-state index in [4.69, 9.17) is 0 Å². The van der Waals surface area contributed by atoms with Crippen LogP contribution in [0.4, 0.5) is 11.5 Å². The molecule has 0 unspecified atom stereocenters. The Morgan fingerprint density at radius 2 is 1.77 bits per heavy atom. The van der Waals surface area contributed by atoms with Crippen LogP contribution in [-0.4, -0.2) is 26.8 Å². The molecule has 0 radical (unpaired) electrons. The summed E-state index contributed by atoms with van der Waals surface area (Å²) in [6, 6.07) is 21.3. The van der Waals surface area contributed by atoms with Gasteiger partial charge in [-0.15, -0.1) is 0 Å².